The highest BCUT2D eigenvalue weighted by molar-refractivity contribution is 6.15. The number of carbonyl (C=O) groups excluding carboxylic acids is 3. The van der Waals surface area contributed by atoms with E-state index in [0.717, 1.165) is 29.7 Å². The molecule has 0 spiro atoms. The minimum atomic E-state index is -0.603. The summed E-state index contributed by atoms with van der Waals surface area (Å²) in [7, 11) is 0. The SMILES string of the molecule is Cc1ccc(N2C(=O)N(CC(=O)N3[C@H](C)CCC[C@@H]3C)C(=O)[C@@H]2C)cc1. The summed E-state index contributed by atoms with van der Waals surface area (Å²) in [5.74, 6) is -0.467. The van der Waals surface area contributed by atoms with E-state index in [0.29, 0.717) is 5.69 Å². The number of likely N-dealkylation sites (tertiary alicyclic amines) is 1. The molecule has 6 nitrogen and oxygen atoms in total. The number of rotatable bonds is 3. The van der Waals surface area contributed by atoms with Gasteiger partial charge in [-0.1, -0.05) is 17.7 Å². The van der Waals surface area contributed by atoms with Crippen LogP contribution in [-0.4, -0.2) is 52.3 Å². The monoisotopic (exact) mass is 357 g/mol. The van der Waals surface area contributed by atoms with Crippen LogP contribution in [0, 0.1) is 6.92 Å². The van der Waals surface area contributed by atoms with Gasteiger partial charge in [-0.3, -0.25) is 19.4 Å². The Kier molecular flexibility index (Phi) is 5.03. The Balaban J connectivity index is 1.78. The molecule has 4 amide bonds. The molecule has 1 aromatic rings. The average molecular weight is 357 g/mol. The molecule has 0 N–H and O–H groups in total. The van der Waals surface area contributed by atoms with Crippen molar-refractivity contribution < 1.29 is 14.4 Å². The molecule has 1 aromatic carbocycles. The molecule has 2 aliphatic heterocycles. The lowest BCUT2D eigenvalue weighted by atomic mass is 9.97. The zero-order valence-electron chi connectivity index (χ0n) is 15.9. The van der Waals surface area contributed by atoms with Crippen molar-refractivity contribution in [3.8, 4) is 0 Å². The van der Waals surface area contributed by atoms with Crippen molar-refractivity contribution in [1.82, 2.24) is 9.80 Å². The van der Waals surface area contributed by atoms with Crippen LogP contribution in [0.2, 0.25) is 0 Å². The second kappa shape index (κ2) is 7.09. The molecule has 3 rings (SSSR count). The fourth-order valence-electron chi connectivity index (χ4n) is 4.04. The summed E-state index contributed by atoms with van der Waals surface area (Å²) in [5.41, 5.74) is 1.76. The molecule has 3 atom stereocenters. The molecule has 0 bridgehead atoms. The molecule has 0 unspecified atom stereocenters. The van der Waals surface area contributed by atoms with Gasteiger partial charge in [0.25, 0.3) is 5.91 Å². The van der Waals surface area contributed by atoms with Gasteiger partial charge in [-0.25, -0.2) is 4.79 Å². The van der Waals surface area contributed by atoms with Gasteiger partial charge in [-0.05, 0) is 59.1 Å². The van der Waals surface area contributed by atoms with E-state index >= 15 is 0 Å². The quantitative estimate of drug-likeness (QED) is 0.782. The van der Waals surface area contributed by atoms with Crippen molar-refractivity contribution in [2.75, 3.05) is 11.4 Å². The van der Waals surface area contributed by atoms with E-state index in [4.69, 9.17) is 0 Å². The van der Waals surface area contributed by atoms with Gasteiger partial charge >= 0.3 is 6.03 Å². The third-order valence-electron chi connectivity index (χ3n) is 5.53. The first-order valence-electron chi connectivity index (χ1n) is 9.33. The molecule has 2 aliphatic rings. The second-order valence-corrected chi connectivity index (χ2v) is 7.52. The molecule has 0 radical (unpaired) electrons. The Morgan fingerprint density at radius 3 is 2.19 bits per heavy atom. The molecule has 2 saturated heterocycles. The highest BCUT2D eigenvalue weighted by atomic mass is 16.2. The van der Waals surface area contributed by atoms with E-state index in [-0.39, 0.29) is 30.4 Å². The van der Waals surface area contributed by atoms with E-state index in [9.17, 15) is 14.4 Å². The first-order valence-corrected chi connectivity index (χ1v) is 9.33. The number of urea groups is 1. The van der Waals surface area contributed by atoms with Crippen LogP contribution in [0.25, 0.3) is 0 Å². The molecule has 0 aromatic heterocycles. The Morgan fingerprint density at radius 1 is 1.04 bits per heavy atom. The average Bonchev–Trinajstić information content (AvgIpc) is 2.79. The molecule has 0 saturated carbocycles. The zero-order valence-corrected chi connectivity index (χ0v) is 15.9. The Hall–Kier alpha value is -2.37. The van der Waals surface area contributed by atoms with Gasteiger partial charge in [0.05, 0.1) is 0 Å². The third kappa shape index (κ3) is 3.20. The number of hydrogen-bond acceptors (Lipinski definition) is 3. The fraction of sp³-hybridized carbons (Fsp3) is 0.550. The Labute approximate surface area is 154 Å². The highest BCUT2D eigenvalue weighted by Crippen LogP contribution is 2.27. The van der Waals surface area contributed by atoms with Crippen molar-refractivity contribution in [1.29, 1.82) is 0 Å². The van der Waals surface area contributed by atoms with E-state index in [1.54, 1.807) is 6.92 Å². The van der Waals surface area contributed by atoms with E-state index < -0.39 is 12.1 Å². The molecule has 2 heterocycles. The van der Waals surface area contributed by atoms with Gasteiger partial charge in [0.2, 0.25) is 5.91 Å². The van der Waals surface area contributed by atoms with Crippen molar-refractivity contribution in [3.63, 3.8) is 0 Å². The normalized spacial score (nSPS) is 26.6. The lowest BCUT2D eigenvalue weighted by Crippen LogP contribution is -2.52. The molecule has 26 heavy (non-hydrogen) atoms. The van der Waals surface area contributed by atoms with Crippen LogP contribution in [0.1, 0.15) is 45.6 Å². The summed E-state index contributed by atoms with van der Waals surface area (Å²) in [5, 5.41) is 0. The van der Waals surface area contributed by atoms with Gasteiger partial charge in [-0.15, -0.1) is 0 Å². The maximum absolute atomic E-state index is 12.9. The number of anilines is 1. The summed E-state index contributed by atoms with van der Waals surface area (Å²) in [6.07, 6.45) is 3.03. The second-order valence-electron chi connectivity index (χ2n) is 7.52. The summed E-state index contributed by atoms with van der Waals surface area (Å²) in [6, 6.07) is 6.74. The summed E-state index contributed by atoms with van der Waals surface area (Å²) in [4.78, 5) is 42.7. The van der Waals surface area contributed by atoms with Gasteiger partial charge in [-0.2, -0.15) is 0 Å². The van der Waals surface area contributed by atoms with E-state index in [1.807, 2.05) is 49.9 Å². The predicted molar refractivity (Wildman–Crippen MR) is 99.9 cm³/mol. The van der Waals surface area contributed by atoms with Crippen molar-refractivity contribution in [3.05, 3.63) is 29.8 Å². The number of piperidine rings is 1. The van der Waals surface area contributed by atoms with Gasteiger partial charge in [0.15, 0.2) is 0 Å². The predicted octanol–water partition coefficient (Wildman–Crippen LogP) is 2.94. The number of benzene rings is 1. The Morgan fingerprint density at radius 2 is 1.62 bits per heavy atom. The minimum absolute atomic E-state index is 0.143. The molecule has 2 fully saturated rings. The highest BCUT2D eigenvalue weighted by Gasteiger charge is 2.45. The fourth-order valence-corrected chi connectivity index (χ4v) is 4.04. The Bertz CT molecular complexity index is 706. The number of aryl methyl sites for hydroxylation is 1. The number of carbonyl (C=O) groups is 3. The molecule has 140 valence electrons. The van der Waals surface area contributed by atoms with Crippen LogP contribution in [0.15, 0.2) is 24.3 Å². The van der Waals surface area contributed by atoms with E-state index in [2.05, 4.69) is 0 Å². The number of amides is 4. The summed E-state index contributed by atoms with van der Waals surface area (Å²) < 4.78 is 0. The van der Waals surface area contributed by atoms with Gasteiger partial charge in [0.1, 0.15) is 12.6 Å². The summed E-state index contributed by atoms with van der Waals surface area (Å²) in [6.45, 7) is 7.55. The van der Waals surface area contributed by atoms with Crippen LogP contribution in [0.4, 0.5) is 10.5 Å². The van der Waals surface area contributed by atoms with Crippen LogP contribution < -0.4 is 4.90 Å². The first kappa shape index (κ1) is 18.4. The topological polar surface area (TPSA) is 60.9 Å². The third-order valence-corrected chi connectivity index (χ3v) is 5.53. The standard InChI is InChI=1S/C20H27N3O3/c1-13-8-10-17(11-9-13)23-16(4)19(25)21(20(23)26)12-18(24)22-14(2)6-5-7-15(22)3/h8-11,14-16H,5-7,12H2,1-4H3/t14-,15+,16-/m0/s1. The number of hydrogen-bond donors (Lipinski definition) is 0. The van der Waals surface area contributed by atoms with Crippen molar-refractivity contribution in [2.24, 2.45) is 0 Å². The molecular weight excluding hydrogens is 330 g/mol. The minimum Gasteiger partial charge on any atom is -0.336 e. The number of imide groups is 1. The molecule has 6 heteroatoms. The lowest BCUT2D eigenvalue weighted by Gasteiger charge is -2.39. The maximum atomic E-state index is 12.9. The van der Waals surface area contributed by atoms with Crippen LogP contribution in [0.5, 0.6) is 0 Å². The van der Waals surface area contributed by atoms with Crippen LogP contribution in [0.3, 0.4) is 0 Å². The first-order chi connectivity index (χ1) is 12.3. The van der Waals surface area contributed by atoms with E-state index in [1.165, 1.54) is 4.90 Å². The van der Waals surface area contributed by atoms with Gasteiger partial charge < -0.3 is 4.90 Å². The largest absolute Gasteiger partial charge is 0.336 e. The van der Waals surface area contributed by atoms with Crippen molar-refractivity contribution in [2.45, 2.75) is 65.1 Å². The lowest BCUT2D eigenvalue weighted by molar-refractivity contribution is -0.141. The van der Waals surface area contributed by atoms with Crippen LogP contribution >= 0.6 is 0 Å². The van der Waals surface area contributed by atoms with Crippen LogP contribution in [-0.2, 0) is 9.59 Å². The van der Waals surface area contributed by atoms with Gasteiger partial charge in [0, 0.05) is 17.8 Å². The molecular formula is C20H27N3O3. The zero-order chi connectivity index (χ0) is 19.0. The maximum Gasteiger partial charge on any atom is 0.332 e. The number of nitrogens with zero attached hydrogens (tertiary/aromatic N) is 3. The van der Waals surface area contributed by atoms with Crippen molar-refractivity contribution >= 4 is 23.5 Å². The molecule has 0 aliphatic carbocycles. The summed E-state index contributed by atoms with van der Waals surface area (Å²) >= 11 is 0. The smallest absolute Gasteiger partial charge is 0.332 e.